The number of carbonyl (C=O) groups excluding carboxylic acids is 1. The summed E-state index contributed by atoms with van der Waals surface area (Å²) in [6.07, 6.45) is 0. The Morgan fingerprint density at radius 1 is 1.76 bits per heavy atom. The fraction of sp³-hybridized carbons (Fsp3) is 0.545. The maximum Gasteiger partial charge on any atom is 0.264 e. The summed E-state index contributed by atoms with van der Waals surface area (Å²) in [6, 6.07) is 1.90. The van der Waals surface area contributed by atoms with Gasteiger partial charge < -0.3 is 9.64 Å². The van der Waals surface area contributed by atoms with Crippen molar-refractivity contribution < 1.29 is 9.53 Å². The molecule has 0 saturated carbocycles. The van der Waals surface area contributed by atoms with Gasteiger partial charge in [-0.1, -0.05) is 0 Å². The predicted octanol–water partition coefficient (Wildman–Crippen LogP) is 2.90. The summed E-state index contributed by atoms with van der Waals surface area (Å²) in [7, 11) is 0. The lowest BCUT2D eigenvalue weighted by molar-refractivity contribution is 0.00483. The molecule has 0 aliphatic carbocycles. The first-order chi connectivity index (χ1) is 8.13. The average Bonchev–Trinajstić information content (AvgIpc) is 2.68. The van der Waals surface area contributed by atoms with Crippen molar-refractivity contribution in [2.24, 2.45) is 0 Å². The van der Waals surface area contributed by atoms with Crippen LogP contribution >= 0.6 is 38.9 Å². The first-order valence-electron chi connectivity index (χ1n) is 5.34. The number of amides is 1. The molecule has 94 valence electrons. The lowest BCUT2D eigenvalue weighted by Crippen LogP contribution is -2.49. The number of hydrogen-bond acceptors (Lipinski definition) is 3. The molecule has 3 nitrogen and oxygen atoms in total. The van der Waals surface area contributed by atoms with Crippen LogP contribution in [0.25, 0.3) is 0 Å². The van der Waals surface area contributed by atoms with Gasteiger partial charge in [-0.3, -0.25) is 4.79 Å². The van der Waals surface area contributed by atoms with Crippen molar-refractivity contribution in [2.75, 3.05) is 25.6 Å². The number of hydrogen-bond donors (Lipinski definition) is 0. The third-order valence-electron chi connectivity index (χ3n) is 2.73. The second-order valence-electron chi connectivity index (χ2n) is 3.95. The Morgan fingerprint density at radius 2 is 2.53 bits per heavy atom. The minimum absolute atomic E-state index is 0.0147. The van der Waals surface area contributed by atoms with Crippen LogP contribution in [0.1, 0.15) is 15.2 Å². The smallest absolute Gasteiger partial charge is 0.264 e. The first-order valence-corrected chi connectivity index (χ1v) is 7.48. The van der Waals surface area contributed by atoms with Gasteiger partial charge in [-0.05, 0) is 34.5 Å². The SMILES string of the molecule is Cc1cc(C(=O)N2CCOCC2CCl)sc1Br. The zero-order valence-electron chi connectivity index (χ0n) is 9.41. The maximum atomic E-state index is 12.3. The second-order valence-corrected chi connectivity index (χ2v) is 6.63. The van der Waals surface area contributed by atoms with Crippen LogP contribution in [-0.2, 0) is 4.74 Å². The molecule has 1 aliphatic heterocycles. The molecule has 6 heteroatoms. The molecule has 0 aromatic carbocycles. The molecule has 0 bridgehead atoms. The van der Waals surface area contributed by atoms with E-state index in [9.17, 15) is 4.79 Å². The highest BCUT2D eigenvalue weighted by atomic mass is 79.9. The molecule has 0 N–H and O–H groups in total. The van der Waals surface area contributed by atoms with Crippen LogP contribution in [-0.4, -0.2) is 42.5 Å². The fourth-order valence-corrected chi connectivity index (χ4v) is 3.50. The van der Waals surface area contributed by atoms with E-state index in [0.717, 1.165) is 14.2 Å². The number of nitrogens with zero attached hydrogens (tertiary/aromatic N) is 1. The second kappa shape index (κ2) is 5.69. The van der Waals surface area contributed by atoms with Crippen molar-refractivity contribution in [3.05, 3.63) is 20.3 Å². The molecule has 1 saturated heterocycles. The van der Waals surface area contributed by atoms with Crippen molar-refractivity contribution in [1.29, 1.82) is 0 Å². The molecule has 1 amide bonds. The number of carbonyl (C=O) groups is 1. The Balaban J connectivity index is 2.18. The summed E-state index contributed by atoms with van der Waals surface area (Å²) in [5, 5.41) is 0. The summed E-state index contributed by atoms with van der Waals surface area (Å²) in [5.74, 6) is 0.467. The van der Waals surface area contributed by atoms with Crippen LogP contribution in [0.4, 0.5) is 0 Å². The Bertz CT molecular complexity index is 404. The molecule has 1 aromatic heterocycles. The molecule has 17 heavy (non-hydrogen) atoms. The lowest BCUT2D eigenvalue weighted by Gasteiger charge is -2.34. The third-order valence-corrected chi connectivity index (χ3v) is 5.22. The van der Waals surface area contributed by atoms with Gasteiger partial charge in [0.2, 0.25) is 0 Å². The number of thiophene rings is 1. The molecule has 1 fully saturated rings. The van der Waals surface area contributed by atoms with Crippen molar-refractivity contribution >= 4 is 44.8 Å². The van der Waals surface area contributed by atoms with E-state index in [1.807, 2.05) is 17.9 Å². The van der Waals surface area contributed by atoms with Gasteiger partial charge in [0.1, 0.15) is 0 Å². The monoisotopic (exact) mass is 337 g/mol. The molecule has 1 aliphatic rings. The Hall–Kier alpha value is -0.100. The van der Waals surface area contributed by atoms with Crippen LogP contribution < -0.4 is 0 Å². The first kappa shape index (κ1) is 13.3. The average molecular weight is 339 g/mol. The molecule has 2 heterocycles. The highest BCUT2D eigenvalue weighted by molar-refractivity contribution is 9.11. The number of rotatable bonds is 2. The molecule has 1 aromatic rings. The van der Waals surface area contributed by atoms with Gasteiger partial charge in [-0.2, -0.15) is 0 Å². The van der Waals surface area contributed by atoms with Gasteiger partial charge >= 0.3 is 0 Å². The van der Waals surface area contributed by atoms with Crippen LogP contribution in [0, 0.1) is 6.92 Å². The topological polar surface area (TPSA) is 29.5 Å². The lowest BCUT2D eigenvalue weighted by atomic mass is 10.2. The van der Waals surface area contributed by atoms with Crippen LogP contribution in [0.2, 0.25) is 0 Å². The van der Waals surface area contributed by atoms with E-state index in [4.69, 9.17) is 16.3 Å². The largest absolute Gasteiger partial charge is 0.377 e. The minimum Gasteiger partial charge on any atom is -0.377 e. The van der Waals surface area contributed by atoms with Gasteiger partial charge in [-0.25, -0.2) is 0 Å². The van der Waals surface area contributed by atoms with E-state index >= 15 is 0 Å². The summed E-state index contributed by atoms with van der Waals surface area (Å²) in [4.78, 5) is 14.9. The molecule has 0 radical (unpaired) electrons. The van der Waals surface area contributed by atoms with E-state index in [2.05, 4.69) is 15.9 Å². The van der Waals surface area contributed by atoms with Crippen LogP contribution in [0.15, 0.2) is 9.85 Å². The molecule has 1 atom stereocenters. The molecule has 1 unspecified atom stereocenters. The van der Waals surface area contributed by atoms with E-state index < -0.39 is 0 Å². The number of alkyl halides is 1. The fourth-order valence-electron chi connectivity index (χ4n) is 1.76. The van der Waals surface area contributed by atoms with Gasteiger partial charge in [-0.15, -0.1) is 22.9 Å². The number of halogens is 2. The van der Waals surface area contributed by atoms with E-state index in [0.29, 0.717) is 25.6 Å². The highest BCUT2D eigenvalue weighted by Gasteiger charge is 2.28. The predicted molar refractivity (Wildman–Crippen MR) is 73.1 cm³/mol. The third kappa shape index (κ3) is 2.84. The van der Waals surface area contributed by atoms with Crippen molar-refractivity contribution in [1.82, 2.24) is 4.90 Å². The van der Waals surface area contributed by atoms with Gasteiger partial charge in [0.25, 0.3) is 5.91 Å². The standard InChI is InChI=1S/C11H13BrClNO2S/c1-7-4-9(17-10(7)12)11(15)14-2-3-16-6-8(14)5-13/h4,8H,2-3,5-6H2,1H3. The van der Waals surface area contributed by atoms with Gasteiger partial charge in [0, 0.05) is 12.4 Å². The quantitative estimate of drug-likeness (QED) is 0.776. The van der Waals surface area contributed by atoms with Gasteiger partial charge in [0.15, 0.2) is 0 Å². The Labute approximate surface area is 118 Å². The molecule has 2 rings (SSSR count). The minimum atomic E-state index is -0.0147. The number of morpholine rings is 1. The van der Waals surface area contributed by atoms with Crippen LogP contribution in [0.5, 0.6) is 0 Å². The Morgan fingerprint density at radius 3 is 3.12 bits per heavy atom. The summed E-state index contributed by atoms with van der Waals surface area (Å²) >= 11 is 10.8. The summed E-state index contributed by atoms with van der Waals surface area (Å²) in [6.45, 7) is 3.71. The van der Waals surface area contributed by atoms with Crippen LogP contribution in [0.3, 0.4) is 0 Å². The normalized spacial score (nSPS) is 20.6. The van der Waals surface area contributed by atoms with Gasteiger partial charge in [0.05, 0.1) is 27.9 Å². The van der Waals surface area contributed by atoms with E-state index in [1.54, 1.807) is 0 Å². The van der Waals surface area contributed by atoms with Crippen molar-refractivity contribution in [3.63, 3.8) is 0 Å². The number of ether oxygens (including phenoxy) is 1. The Kier molecular flexibility index (Phi) is 4.47. The zero-order valence-corrected chi connectivity index (χ0v) is 12.6. The zero-order chi connectivity index (χ0) is 12.4. The van der Waals surface area contributed by atoms with Crippen molar-refractivity contribution in [3.8, 4) is 0 Å². The van der Waals surface area contributed by atoms with E-state index in [1.165, 1.54) is 11.3 Å². The molecular formula is C11H13BrClNO2S. The molecular weight excluding hydrogens is 326 g/mol. The summed E-state index contributed by atoms with van der Waals surface area (Å²) < 4.78 is 6.34. The maximum absolute atomic E-state index is 12.3. The highest BCUT2D eigenvalue weighted by Crippen LogP contribution is 2.29. The van der Waals surface area contributed by atoms with E-state index in [-0.39, 0.29) is 11.9 Å². The summed E-state index contributed by atoms with van der Waals surface area (Å²) in [5.41, 5.74) is 1.09. The molecule has 0 spiro atoms. The number of aryl methyl sites for hydroxylation is 1. The van der Waals surface area contributed by atoms with Crippen molar-refractivity contribution in [2.45, 2.75) is 13.0 Å².